The molecule has 1 nitrogen and oxygen atoms in total. The Morgan fingerprint density at radius 3 is 2.32 bits per heavy atom. The van der Waals surface area contributed by atoms with E-state index in [-0.39, 0.29) is 12.4 Å². The molecular weight excluding hydrogens is 254 g/mol. The summed E-state index contributed by atoms with van der Waals surface area (Å²) in [4.78, 5) is 0. The van der Waals surface area contributed by atoms with Crippen LogP contribution in [-0.4, -0.2) is 13.1 Å². The highest BCUT2D eigenvalue weighted by Gasteiger charge is 2.42. The first kappa shape index (κ1) is 14.4. The van der Waals surface area contributed by atoms with Crippen LogP contribution in [0.3, 0.4) is 0 Å². The normalized spacial score (nSPS) is 18.4. The van der Waals surface area contributed by atoms with Crippen LogP contribution in [0.1, 0.15) is 31.7 Å². The molecule has 0 radical (unpaired) electrons. The van der Waals surface area contributed by atoms with Crippen molar-refractivity contribution in [3.05, 3.63) is 48.0 Å². The lowest BCUT2D eigenvalue weighted by molar-refractivity contribution is 0.185. The van der Waals surface area contributed by atoms with Crippen molar-refractivity contribution in [2.45, 2.75) is 37.6 Å². The van der Waals surface area contributed by atoms with Crippen LogP contribution in [0.4, 0.5) is 0 Å². The molecule has 0 amide bonds. The quantitative estimate of drug-likeness (QED) is 0.881. The van der Waals surface area contributed by atoms with E-state index in [1.165, 1.54) is 35.6 Å². The molecule has 1 saturated carbocycles. The molecule has 1 N–H and O–H groups in total. The van der Waals surface area contributed by atoms with Crippen molar-refractivity contribution in [3.8, 4) is 0 Å². The van der Waals surface area contributed by atoms with Crippen LogP contribution in [0.25, 0.3) is 10.8 Å². The first-order chi connectivity index (χ1) is 8.76. The van der Waals surface area contributed by atoms with E-state index in [2.05, 4.69) is 61.8 Å². The highest BCUT2D eigenvalue weighted by molar-refractivity contribution is 5.85. The number of fused-ring (bicyclic) bond motifs is 1. The second kappa shape index (κ2) is 5.52. The molecule has 1 aliphatic carbocycles. The molecule has 1 aliphatic rings. The number of hydrogen-bond acceptors (Lipinski definition) is 1. The van der Waals surface area contributed by atoms with Crippen LogP contribution >= 0.6 is 12.4 Å². The van der Waals surface area contributed by atoms with Crippen molar-refractivity contribution in [1.29, 1.82) is 0 Å². The minimum atomic E-state index is 0. The zero-order valence-corrected chi connectivity index (χ0v) is 12.5. The van der Waals surface area contributed by atoms with E-state index in [9.17, 15) is 0 Å². The summed E-state index contributed by atoms with van der Waals surface area (Å²) >= 11 is 0. The summed E-state index contributed by atoms with van der Waals surface area (Å²) in [7, 11) is 2.08. The molecule has 1 fully saturated rings. The van der Waals surface area contributed by atoms with Gasteiger partial charge in [-0.3, -0.25) is 0 Å². The first-order valence-corrected chi connectivity index (χ1v) is 6.93. The fourth-order valence-corrected chi connectivity index (χ4v) is 3.30. The van der Waals surface area contributed by atoms with Crippen molar-refractivity contribution < 1.29 is 0 Å². The average molecular weight is 276 g/mol. The van der Waals surface area contributed by atoms with E-state index in [4.69, 9.17) is 0 Å². The maximum Gasteiger partial charge on any atom is 0.0133 e. The SMILES string of the molecule is CNC(C)C1(c2ccc3ccccc3c2)CCC1.Cl. The van der Waals surface area contributed by atoms with Crippen molar-refractivity contribution >= 4 is 23.2 Å². The van der Waals surface area contributed by atoms with Crippen molar-refractivity contribution in [2.24, 2.45) is 0 Å². The Bertz CT molecular complexity index is 560. The predicted octanol–water partition coefficient (Wildman–Crippen LogP) is 4.29. The third kappa shape index (κ3) is 2.26. The molecule has 19 heavy (non-hydrogen) atoms. The van der Waals surface area contributed by atoms with Gasteiger partial charge in [0, 0.05) is 11.5 Å². The van der Waals surface area contributed by atoms with Crippen LogP contribution < -0.4 is 5.32 Å². The molecule has 0 saturated heterocycles. The number of benzene rings is 2. The van der Waals surface area contributed by atoms with Crippen molar-refractivity contribution in [1.82, 2.24) is 5.32 Å². The molecule has 0 bridgehead atoms. The van der Waals surface area contributed by atoms with E-state index in [0.29, 0.717) is 11.5 Å². The Labute approximate surface area is 121 Å². The summed E-state index contributed by atoms with van der Waals surface area (Å²) in [6.45, 7) is 2.31. The maximum absolute atomic E-state index is 3.45. The van der Waals surface area contributed by atoms with Crippen LogP contribution in [0.15, 0.2) is 42.5 Å². The lowest BCUT2D eigenvalue weighted by atomic mass is 9.60. The summed E-state index contributed by atoms with van der Waals surface area (Å²) in [5.41, 5.74) is 1.87. The molecule has 2 aromatic rings. The molecule has 0 aromatic heterocycles. The molecule has 102 valence electrons. The molecule has 0 spiro atoms. The summed E-state index contributed by atoms with van der Waals surface area (Å²) in [6, 6.07) is 16.2. The Morgan fingerprint density at radius 2 is 1.74 bits per heavy atom. The third-order valence-electron chi connectivity index (χ3n) is 4.83. The Balaban J connectivity index is 0.00000133. The number of likely N-dealkylation sites (N-methyl/N-ethyl adjacent to an activating group) is 1. The second-order valence-corrected chi connectivity index (χ2v) is 5.58. The molecule has 2 aromatic carbocycles. The zero-order chi connectivity index (χ0) is 12.6. The maximum atomic E-state index is 3.45. The number of hydrogen-bond donors (Lipinski definition) is 1. The van der Waals surface area contributed by atoms with Gasteiger partial charge in [-0.25, -0.2) is 0 Å². The van der Waals surface area contributed by atoms with Gasteiger partial charge >= 0.3 is 0 Å². The van der Waals surface area contributed by atoms with E-state index in [0.717, 1.165) is 0 Å². The predicted molar refractivity (Wildman–Crippen MR) is 85.2 cm³/mol. The zero-order valence-electron chi connectivity index (χ0n) is 11.6. The van der Waals surface area contributed by atoms with Gasteiger partial charge in [-0.05, 0) is 43.1 Å². The van der Waals surface area contributed by atoms with E-state index in [1.807, 2.05) is 0 Å². The molecule has 0 heterocycles. The van der Waals surface area contributed by atoms with Gasteiger partial charge in [0.05, 0.1) is 0 Å². The van der Waals surface area contributed by atoms with Gasteiger partial charge in [0.25, 0.3) is 0 Å². The summed E-state index contributed by atoms with van der Waals surface area (Å²) < 4.78 is 0. The first-order valence-electron chi connectivity index (χ1n) is 6.93. The Morgan fingerprint density at radius 1 is 1.05 bits per heavy atom. The second-order valence-electron chi connectivity index (χ2n) is 5.58. The number of rotatable bonds is 3. The van der Waals surface area contributed by atoms with Gasteiger partial charge in [0.2, 0.25) is 0 Å². The van der Waals surface area contributed by atoms with Gasteiger partial charge in [0.15, 0.2) is 0 Å². The van der Waals surface area contributed by atoms with E-state index in [1.54, 1.807) is 0 Å². The van der Waals surface area contributed by atoms with E-state index < -0.39 is 0 Å². The standard InChI is InChI=1S/C17H21N.ClH/c1-13(18-2)17(10-5-11-17)16-9-8-14-6-3-4-7-15(14)12-16;/h3-4,6-9,12-13,18H,5,10-11H2,1-2H3;1H. The smallest absolute Gasteiger partial charge is 0.0133 e. The Kier molecular flexibility index (Phi) is 4.17. The molecule has 3 rings (SSSR count). The number of nitrogens with one attached hydrogen (secondary N) is 1. The fraction of sp³-hybridized carbons (Fsp3) is 0.412. The lowest BCUT2D eigenvalue weighted by Gasteiger charge is -2.47. The van der Waals surface area contributed by atoms with Gasteiger partial charge in [-0.1, -0.05) is 48.9 Å². The van der Waals surface area contributed by atoms with E-state index >= 15 is 0 Å². The molecule has 1 unspecified atom stereocenters. The fourth-order valence-electron chi connectivity index (χ4n) is 3.30. The monoisotopic (exact) mass is 275 g/mol. The molecule has 1 atom stereocenters. The highest BCUT2D eigenvalue weighted by atomic mass is 35.5. The van der Waals surface area contributed by atoms with Gasteiger partial charge < -0.3 is 5.32 Å². The average Bonchev–Trinajstić information content (AvgIpc) is 2.37. The van der Waals surface area contributed by atoms with Crippen molar-refractivity contribution in [2.75, 3.05) is 7.05 Å². The molecular formula is C17H22ClN. The Hall–Kier alpha value is -1.05. The van der Waals surface area contributed by atoms with Crippen LogP contribution in [0.5, 0.6) is 0 Å². The topological polar surface area (TPSA) is 12.0 Å². The van der Waals surface area contributed by atoms with Crippen LogP contribution in [0, 0.1) is 0 Å². The lowest BCUT2D eigenvalue weighted by Crippen LogP contribution is -2.50. The minimum absolute atomic E-state index is 0. The van der Waals surface area contributed by atoms with Crippen molar-refractivity contribution in [3.63, 3.8) is 0 Å². The van der Waals surface area contributed by atoms with Gasteiger partial charge in [-0.2, -0.15) is 0 Å². The van der Waals surface area contributed by atoms with Gasteiger partial charge in [0.1, 0.15) is 0 Å². The van der Waals surface area contributed by atoms with Gasteiger partial charge in [-0.15, -0.1) is 12.4 Å². The summed E-state index contributed by atoms with van der Waals surface area (Å²) in [5, 5.41) is 6.16. The van der Waals surface area contributed by atoms with Crippen LogP contribution in [-0.2, 0) is 5.41 Å². The number of halogens is 1. The molecule has 2 heteroatoms. The third-order valence-corrected chi connectivity index (χ3v) is 4.83. The molecule has 0 aliphatic heterocycles. The summed E-state index contributed by atoms with van der Waals surface area (Å²) in [6.07, 6.45) is 3.99. The largest absolute Gasteiger partial charge is 0.316 e. The highest BCUT2D eigenvalue weighted by Crippen LogP contribution is 2.46. The van der Waals surface area contributed by atoms with Crippen LogP contribution in [0.2, 0.25) is 0 Å². The minimum Gasteiger partial charge on any atom is -0.316 e. The summed E-state index contributed by atoms with van der Waals surface area (Å²) in [5.74, 6) is 0.